The van der Waals surface area contributed by atoms with Crippen LogP contribution in [0.3, 0.4) is 0 Å². The van der Waals surface area contributed by atoms with Gasteiger partial charge in [0.15, 0.2) is 9.84 Å². The third-order valence-corrected chi connectivity index (χ3v) is 3.57. The van der Waals surface area contributed by atoms with Crippen molar-refractivity contribution in [2.24, 2.45) is 0 Å². The van der Waals surface area contributed by atoms with Crippen LogP contribution in [0.2, 0.25) is 0 Å². The van der Waals surface area contributed by atoms with Crippen molar-refractivity contribution in [3.63, 3.8) is 0 Å². The predicted molar refractivity (Wildman–Crippen MR) is 55.2 cm³/mol. The van der Waals surface area contributed by atoms with Gasteiger partial charge in [-0.2, -0.15) is 0 Å². The van der Waals surface area contributed by atoms with Crippen molar-refractivity contribution < 1.29 is 22.7 Å². The van der Waals surface area contributed by atoms with Gasteiger partial charge < -0.3 is 4.74 Å². The van der Waals surface area contributed by atoms with Gasteiger partial charge in [-0.15, -0.1) is 0 Å². The van der Waals surface area contributed by atoms with Crippen molar-refractivity contribution in [2.75, 3.05) is 18.6 Å². The van der Waals surface area contributed by atoms with E-state index in [1.807, 2.05) is 0 Å². The Hall–Kier alpha value is -0.910. The molecule has 0 aliphatic carbocycles. The summed E-state index contributed by atoms with van der Waals surface area (Å²) < 4.78 is 27.0. The molecule has 0 aliphatic rings. The zero-order valence-corrected chi connectivity index (χ0v) is 9.80. The van der Waals surface area contributed by atoms with E-state index in [1.54, 1.807) is 0 Å². The maximum atomic E-state index is 11.3. The number of rotatable bonds is 7. The monoisotopic (exact) mass is 236 g/mol. The topological polar surface area (TPSA) is 77.5 Å². The average molecular weight is 236 g/mol. The molecule has 0 aliphatic heterocycles. The van der Waals surface area contributed by atoms with Crippen LogP contribution in [0.4, 0.5) is 0 Å². The van der Waals surface area contributed by atoms with Crippen LogP contribution < -0.4 is 0 Å². The molecule has 0 fully saturated rings. The van der Waals surface area contributed by atoms with Crippen LogP contribution in [0.25, 0.3) is 0 Å². The van der Waals surface area contributed by atoms with Crippen molar-refractivity contribution in [1.29, 1.82) is 0 Å². The lowest BCUT2D eigenvalue weighted by molar-refractivity contribution is -0.140. The first kappa shape index (κ1) is 14.1. The molecule has 6 heteroatoms. The molecule has 0 aromatic rings. The van der Waals surface area contributed by atoms with Crippen molar-refractivity contribution in [3.05, 3.63) is 0 Å². The van der Waals surface area contributed by atoms with E-state index in [1.165, 1.54) is 14.0 Å². The molecule has 0 atom stereocenters. The van der Waals surface area contributed by atoms with Gasteiger partial charge in [0.1, 0.15) is 5.78 Å². The van der Waals surface area contributed by atoms with Crippen LogP contribution in [-0.4, -0.2) is 38.8 Å². The maximum absolute atomic E-state index is 11.3. The van der Waals surface area contributed by atoms with Gasteiger partial charge in [-0.05, 0) is 13.3 Å². The molecule has 0 aromatic carbocycles. The third kappa shape index (κ3) is 8.11. The molecule has 0 heterocycles. The van der Waals surface area contributed by atoms with Gasteiger partial charge in [-0.25, -0.2) is 8.42 Å². The summed E-state index contributed by atoms with van der Waals surface area (Å²) in [6.45, 7) is 1.35. The lowest BCUT2D eigenvalue weighted by Gasteiger charge is -2.02. The quantitative estimate of drug-likeness (QED) is 0.595. The molecule has 0 rings (SSSR count). The average Bonchev–Trinajstić information content (AvgIpc) is 2.14. The van der Waals surface area contributed by atoms with Crippen LogP contribution in [0.15, 0.2) is 0 Å². The molecule has 0 N–H and O–H groups in total. The van der Waals surface area contributed by atoms with Crippen LogP contribution in [0.1, 0.15) is 26.2 Å². The Morgan fingerprint density at radius 2 is 1.73 bits per heavy atom. The Morgan fingerprint density at radius 1 is 1.13 bits per heavy atom. The van der Waals surface area contributed by atoms with Crippen LogP contribution in [-0.2, 0) is 24.2 Å². The molecule has 5 nitrogen and oxygen atoms in total. The van der Waals surface area contributed by atoms with Crippen molar-refractivity contribution in [2.45, 2.75) is 26.2 Å². The summed E-state index contributed by atoms with van der Waals surface area (Å²) >= 11 is 0. The second-order valence-corrected chi connectivity index (χ2v) is 5.59. The van der Waals surface area contributed by atoms with E-state index >= 15 is 0 Å². The summed E-state index contributed by atoms with van der Waals surface area (Å²) in [4.78, 5) is 21.3. The predicted octanol–water partition coefficient (Wildman–Crippen LogP) is 0.333. The molecule has 0 amide bonds. The number of ketones is 1. The summed E-state index contributed by atoms with van der Waals surface area (Å²) in [5, 5.41) is 0. The van der Waals surface area contributed by atoms with E-state index in [0.717, 1.165) is 0 Å². The number of ether oxygens (including phenoxy) is 1. The fourth-order valence-corrected chi connectivity index (χ4v) is 2.33. The third-order valence-electron chi connectivity index (χ3n) is 1.83. The Labute approximate surface area is 89.7 Å². The first-order chi connectivity index (χ1) is 6.87. The Morgan fingerprint density at radius 3 is 2.20 bits per heavy atom. The summed E-state index contributed by atoms with van der Waals surface area (Å²) in [7, 11) is -1.95. The standard InChI is InChI=1S/C9H16O5S/c1-8(10)5-7-15(12,13)6-3-4-9(11)14-2/h3-7H2,1-2H3. The first-order valence-electron chi connectivity index (χ1n) is 4.64. The zero-order valence-electron chi connectivity index (χ0n) is 8.99. The summed E-state index contributed by atoms with van der Waals surface area (Å²) in [6, 6.07) is 0. The van der Waals surface area contributed by atoms with E-state index in [-0.39, 0.29) is 36.6 Å². The molecule has 0 spiro atoms. The molecule has 88 valence electrons. The van der Waals surface area contributed by atoms with Crippen molar-refractivity contribution in [1.82, 2.24) is 0 Å². The number of carbonyl (C=O) groups excluding carboxylic acids is 2. The number of esters is 1. The second-order valence-electron chi connectivity index (χ2n) is 3.28. The molecular formula is C9H16O5S. The van der Waals surface area contributed by atoms with Crippen LogP contribution >= 0.6 is 0 Å². The summed E-state index contributed by atoms with van der Waals surface area (Å²) in [6.07, 6.45) is 0.378. The molecule has 0 bridgehead atoms. The molecule has 0 saturated carbocycles. The van der Waals surface area contributed by atoms with Gasteiger partial charge >= 0.3 is 5.97 Å². The van der Waals surface area contributed by atoms with E-state index in [4.69, 9.17) is 0 Å². The Bertz CT molecular complexity index is 317. The lowest BCUT2D eigenvalue weighted by Crippen LogP contribution is -2.14. The largest absolute Gasteiger partial charge is 0.469 e. The van der Waals surface area contributed by atoms with Crippen molar-refractivity contribution >= 4 is 21.6 Å². The highest BCUT2D eigenvalue weighted by Crippen LogP contribution is 2.01. The SMILES string of the molecule is COC(=O)CCCS(=O)(=O)CCC(C)=O. The Balaban J connectivity index is 3.84. The number of hydrogen-bond donors (Lipinski definition) is 0. The van der Waals surface area contributed by atoms with Gasteiger partial charge in [0.25, 0.3) is 0 Å². The van der Waals surface area contributed by atoms with Gasteiger partial charge in [-0.3, -0.25) is 9.59 Å². The number of sulfone groups is 1. The van der Waals surface area contributed by atoms with Crippen LogP contribution in [0.5, 0.6) is 0 Å². The lowest BCUT2D eigenvalue weighted by atomic mass is 10.3. The maximum Gasteiger partial charge on any atom is 0.305 e. The summed E-state index contributed by atoms with van der Waals surface area (Å²) in [5.41, 5.74) is 0. The minimum atomic E-state index is -3.21. The minimum absolute atomic E-state index is 0.0422. The molecule has 0 radical (unpaired) electrons. The van der Waals surface area contributed by atoms with Gasteiger partial charge in [0, 0.05) is 12.8 Å². The van der Waals surface area contributed by atoms with Gasteiger partial charge in [0.2, 0.25) is 0 Å². The Kier molecular flexibility index (Phi) is 6.15. The minimum Gasteiger partial charge on any atom is -0.469 e. The number of Topliss-reactive ketones (excluding diaryl/α,β-unsaturated/α-hetero) is 1. The number of carbonyl (C=O) groups is 2. The van der Waals surface area contributed by atoms with Gasteiger partial charge in [-0.1, -0.05) is 0 Å². The van der Waals surface area contributed by atoms with Gasteiger partial charge in [0.05, 0.1) is 18.6 Å². The highest BCUT2D eigenvalue weighted by Gasteiger charge is 2.12. The second kappa shape index (κ2) is 6.55. The fourth-order valence-electron chi connectivity index (χ4n) is 0.940. The van der Waals surface area contributed by atoms with Crippen molar-refractivity contribution in [3.8, 4) is 0 Å². The highest BCUT2D eigenvalue weighted by atomic mass is 32.2. The molecular weight excluding hydrogens is 220 g/mol. The normalized spacial score (nSPS) is 11.1. The smallest absolute Gasteiger partial charge is 0.305 e. The molecule has 0 unspecified atom stereocenters. The van der Waals surface area contributed by atoms with E-state index < -0.39 is 15.8 Å². The fraction of sp³-hybridized carbons (Fsp3) is 0.778. The summed E-state index contributed by atoms with van der Waals surface area (Å²) in [5.74, 6) is -0.776. The van der Waals surface area contributed by atoms with E-state index in [9.17, 15) is 18.0 Å². The van der Waals surface area contributed by atoms with E-state index in [2.05, 4.69) is 4.74 Å². The number of hydrogen-bond acceptors (Lipinski definition) is 5. The van der Waals surface area contributed by atoms with E-state index in [0.29, 0.717) is 0 Å². The van der Waals surface area contributed by atoms with Crippen LogP contribution in [0, 0.1) is 0 Å². The molecule has 0 aromatic heterocycles. The molecule has 15 heavy (non-hydrogen) atoms. The molecule has 0 saturated heterocycles. The highest BCUT2D eigenvalue weighted by molar-refractivity contribution is 7.91. The zero-order chi connectivity index (χ0) is 11.9. The first-order valence-corrected chi connectivity index (χ1v) is 6.46. The number of methoxy groups -OCH3 is 1.